The molecule has 0 radical (unpaired) electrons. The minimum absolute atomic E-state index is 0.137. The van der Waals surface area contributed by atoms with E-state index in [4.69, 9.17) is 9.47 Å². The predicted octanol–water partition coefficient (Wildman–Crippen LogP) is 3.59. The number of benzene rings is 2. The van der Waals surface area contributed by atoms with Gasteiger partial charge >= 0.3 is 0 Å². The number of nitrogens with zero attached hydrogens (tertiary/aromatic N) is 2. The molecular formula is C21H22N2O3. The summed E-state index contributed by atoms with van der Waals surface area (Å²) in [7, 11) is 3.21. The van der Waals surface area contributed by atoms with Gasteiger partial charge in [-0.05, 0) is 43.2 Å². The van der Waals surface area contributed by atoms with Crippen molar-refractivity contribution in [2.45, 2.75) is 20.4 Å². The SMILES string of the molecule is COc1ccc(-c2ccc(=O)n(Cc3cc(C)ccc3C)n2)c(OC)c1. The lowest BCUT2D eigenvalue weighted by Crippen LogP contribution is -2.23. The van der Waals surface area contributed by atoms with Crippen molar-refractivity contribution in [1.29, 1.82) is 0 Å². The van der Waals surface area contributed by atoms with Crippen LogP contribution < -0.4 is 15.0 Å². The summed E-state index contributed by atoms with van der Waals surface area (Å²) in [4.78, 5) is 12.3. The molecule has 0 aliphatic heterocycles. The maximum absolute atomic E-state index is 12.3. The number of aryl methyl sites for hydroxylation is 2. The standard InChI is InChI=1S/C21H22N2O3/c1-14-5-6-15(2)16(11-14)13-23-21(24)10-9-19(22-23)18-8-7-17(25-3)12-20(18)26-4/h5-12H,13H2,1-4H3. The molecule has 134 valence electrons. The molecule has 0 N–H and O–H groups in total. The molecule has 0 aliphatic rings. The third kappa shape index (κ3) is 3.61. The van der Waals surface area contributed by atoms with Gasteiger partial charge in [0, 0.05) is 17.7 Å². The summed E-state index contributed by atoms with van der Waals surface area (Å²) >= 11 is 0. The van der Waals surface area contributed by atoms with Gasteiger partial charge < -0.3 is 9.47 Å². The Morgan fingerprint density at radius 1 is 0.962 bits per heavy atom. The first-order valence-corrected chi connectivity index (χ1v) is 8.38. The summed E-state index contributed by atoms with van der Waals surface area (Å²) < 4.78 is 12.2. The van der Waals surface area contributed by atoms with Gasteiger partial charge in [-0.15, -0.1) is 0 Å². The molecule has 0 bridgehead atoms. The molecule has 0 amide bonds. The molecule has 5 nitrogen and oxygen atoms in total. The molecule has 0 atom stereocenters. The van der Waals surface area contributed by atoms with Crippen LogP contribution in [0.5, 0.6) is 11.5 Å². The molecule has 2 aromatic carbocycles. The van der Waals surface area contributed by atoms with Crippen molar-refractivity contribution in [2.24, 2.45) is 0 Å². The molecule has 0 fully saturated rings. The van der Waals surface area contributed by atoms with Crippen LogP contribution in [0.15, 0.2) is 53.3 Å². The number of hydrogen-bond donors (Lipinski definition) is 0. The number of rotatable bonds is 5. The fraction of sp³-hybridized carbons (Fsp3) is 0.238. The van der Waals surface area contributed by atoms with E-state index < -0.39 is 0 Å². The van der Waals surface area contributed by atoms with Crippen molar-refractivity contribution in [3.8, 4) is 22.8 Å². The summed E-state index contributed by atoms with van der Waals surface area (Å²) in [6, 6.07) is 15.0. The van der Waals surface area contributed by atoms with Gasteiger partial charge in [0.1, 0.15) is 11.5 Å². The van der Waals surface area contributed by atoms with Gasteiger partial charge in [0.25, 0.3) is 5.56 Å². The lowest BCUT2D eigenvalue weighted by molar-refractivity contribution is 0.395. The lowest BCUT2D eigenvalue weighted by atomic mass is 10.1. The van der Waals surface area contributed by atoms with E-state index in [-0.39, 0.29) is 5.56 Å². The maximum Gasteiger partial charge on any atom is 0.267 e. The maximum atomic E-state index is 12.3. The zero-order chi connectivity index (χ0) is 18.7. The second kappa shape index (κ2) is 7.44. The number of hydrogen-bond acceptors (Lipinski definition) is 4. The van der Waals surface area contributed by atoms with Crippen molar-refractivity contribution < 1.29 is 9.47 Å². The third-order valence-corrected chi connectivity index (χ3v) is 4.38. The Kier molecular flexibility index (Phi) is 5.07. The lowest BCUT2D eigenvalue weighted by Gasteiger charge is -2.13. The van der Waals surface area contributed by atoms with E-state index >= 15 is 0 Å². The first-order valence-electron chi connectivity index (χ1n) is 8.38. The van der Waals surface area contributed by atoms with Crippen LogP contribution in [0.3, 0.4) is 0 Å². The molecule has 0 unspecified atom stereocenters. The van der Waals surface area contributed by atoms with E-state index in [0.29, 0.717) is 23.7 Å². The van der Waals surface area contributed by atoms with Gasteiger partial charge in [0.15, 0.2) is 0 Å². The molecule has 5 heteroatoms. The summed E-state index contributed by atoms with van der Waals surface area (Å²) in [6.07, 6.45) is 0. The Morgan fingerprint density at radius 2 is 1.77 bits per heavy atom. The van der Waals surface area contributed by atoms with Crippen LogP contribution >= 0.6 is 0 Å². The average molecular weight is 350 g/mol. The van der Waals surface area contributed by atoms with E-state index in [2.05, 4.69) is 23.3 Å². The van der Waals surface area contributed by atoms with Gasteiger partial charge in [-0.2, -0.15) is 5.10 Å². The molecule has 3 rings (SSSR count). The zero-order valence-corrected chi connectivity index (χ0v) is 15.4. The van der Waals surface area contributed by atoms with Gasteiger partial charge in [-0.3, -0.25) is 4.79 Å². The zero-order valence-electron chi connectivity index (χ0n) is 15.4. The molecule has 0 saturated heterocycles. The average Bonchev–Trinajstić information content (AvgIpc) is 2.66. The molecule has 26 heavy (non-hydrogen) atoms. The van der Waals surface area contributed by atoms with Crippen molar-refractivity contribution in [3.63, 3.8) is 0 Å². The van der Waals surface area contributed by atoms with Crippen molar-refractivity contribution in [3.05, 3.63) is 75.6 Å². The van der Waals surface area contributed by atoms with Crippen molar-refractivity contribution in [2.75, 3.05) is 14.2 Å². The highest BCUT2D eigenvalue weighted by Gasteiger charge is 2.11. The summed E-state index contributed by atoms with van der Waals surface area (Å²) in [5, 5.41) is 4.56. The Morgan fingerprint density at radius 3 is 2.50 bits per heavy atom. The van der Waals surface area contributed by atoms with Crippen LogP contribution in [-0.2, 0) is 6.54 Å². The monoisotopic (exact) mass is 350 g/mol. The topological polar surface area (TPSA) is 53.4 Å². The van der Waals surface area contributed by atoms with Crippen LogP contribution in [0.2, 0.25) is 0 Å². The summed E-state index contributed by atoms with van der Waals surface area (Å²) in [5.74, 6) is 1.35. The third-order valence-electron chi connectivity index (χ3n) is 4.38. The van der Waals surface area contributed by atoms with Gasteiger partial charge in [-0.25, -0.2) is 4.68 Å². The normalized spacial score (nSPS) is 10.6. The fourth-order valence-corrected chi connectivity index (χ4v) is 2.85. The Hall–Kier alpha value is -3.08. The van der Waals surface area contributed by atoms with E-state index in [9.17, 15) is 4.79 Å². The molecule has 0 aliphatic carbocycles. The molecular weight excluding hydrogens is 328 g/mol. The van der Waals surface area contributed by atoms with Crippen LogP contribution in [0, 0.1) is 13.8 Å². The first kappa shape index (κ1) is 17.7. The van der Waals surface area contributed by atoms with Gasteiger partial charge in [-0.1, -0.05) is 23.8 Å². The van der Waals surface area contributed by atoms with Crippen molar-refractivity contribution >= 4 is 0 Å². The van der Waals surface area contributed by atoms with Crippen LogP contribution in [-0.4, -0.2) is 24.0 Å². The second-order valence-electron chi connectivity index (χ2n) is 6.21. The molecule has 1 aromatic heterocycles. The second-order valence-corrected chi connectivity index (χ2v) is 6.21. The molecule has 0 spiro atoms. The Balaban J connectivity index is 2.03. The molecule has 3 aromatic rings. The summed E-state index contributed by atoms with van der Waals surface area (Å²) in [6.45, 7) is 4.51. The highest BCUT2D eigenvalue weighted by Crippen LogP contribution is 2.31. The number of methoxy groups -OCH3 is 2. The summed E-state index contributed by atoms with van der Waals surface area (Å²) in [5.41, 5.74) is 4.72. The van der Waals surface area contributed by atoms with E-state index in [0.717, 1.165) is 22.3 Å². The van der Waals surface area contributed by atoms with Gasteiger partial charge in [0.05, 0.1) is 26.5 Å². The fourth-order valence-electron chi connectivity index (χ4n) is 2.85. The first-order chi connectivity index (χ1) is 12.5. The molecule has 0 saturated carbocycles. The van der Waals surface area contributed by atoms with Crippen LogP contribution in [0.25, 0.3) is 11.3 Å². The minimum atomic E-state index is -0.137. The highest BCUT2D eigenvalue weighted by atomic mass is 16.5. The van der Waals surface area contributed by atoms with Crippen LogP contribution in [0.4, 0.5) is 0 Å². The highest BCUT2D eigenvalue weighted by molar-refractivity contribution is 5.68. The van der Waals surface area contributed by atoms with Gasteiger partial charge in [0.2, 0.25) is 0 Å². The van der Waals surface area contributed by atoms with Crippen molar-refractivity contribution in [1.82, 2.24) is 9.78 Å². The Bertz CT molecular complexity index is 993. The quantitative estimate of drug-likeness (QED) is 0.706. The number of ether oxygens (including phenoxy) is 2. The smallest absolute Gasteiger partial charge is 0.267 e. The van der Waals surface area contributed by atoms with Crippen LogP contribution in [0.1, 0.15) is 16.7 Å². The molecule has 1 heterocycles. The largest absolute Gasteiger partial charge is 0.497 e. The van der Waals surface area contributed by atoms with E-state index in [1.54, 1.807) is 26.4 Å². The Labute approximate surface area is 152 Å². The van der Waals surface area contributed by atoms with E-state index in [1.807, 2.05) is 26.0 Å². The predicted molar refractivity (Wildman–Crippen MR) is 102 cm³/mol. The van der Waals surface area contributed by atoms with E-state index in [1.165, 1.54) is 10.7 Å². The minimum Gasteiger partial charge on any atom is -0.497 e. The number of aromatic nitrogens is 2.